The van der Waals surface area contributed by atoms with Crippen molar-refractivity contribution < 1.29 is 4.92 Å². The molecule has 3 rings (SSSR count). The van der Waals surface area contributed by atoms with E-state index in [0.717, 1.165) is 36.8 Å². The maximum atomic E-state index is 10.9. The summed E-state index contributed by atoms with van der Waals surface area (Å²) >= 11 is 0. The second-order valence-electron chi connectivity index (χ2n) is 4.14. The first-order valence-corrected chi connectivity index (χ1v) is 5.26. The van der Waals surface area contributed by atoms with Crippen molar-refractivity contribution >= 4 is 11.8 Å². The molecule has 0 saturated heterocycles. The van der Waals surface area contributed by atoms with Gasteiger partial charge in [0, 0.05) is 11.6 Å². The van der Waals surface area contributed by atoms with E-state index in [1.165, 1.54) is 11.1 Å². The fourth-order valence-corrected chi connectivity index (χ4v) is 2.71. The molecule has 1 aromatic carbocycles. The predicted octanol–water partition coefficient (Wildman–Crippen LogP) is 2.65. The van der Waals surface area contributed by atoms with Crippen LogP contribution in [0.3, 0.4) is 0 Å². The van der Waals surface area contributed by atoms with Gasteiger partial charge in [0.15, 0.2) is 0 Å². The minimum Gasteiger partial charge on any atom is -0.258 e. The summed E-state index contributed by atoms with van der Waals surface area (Å²) in [5.74, 6) is 0. The molecule has 76 valence electrons. The molecule has 0 atom stereocenters. The van der Waals surface area contributed by atoms with Gasteiger partial charge in [-0.05, 0) is 42.4 Å². The molecule has 0 spiro atoms. The molecule has 0 radical (unpaired) electrons. The van der Waals surface area contributed by atoms with E-state index < -0.39 is 0 Å². The van der Waals surface area contributed by atoms with Gasteiger partial charge in [0.05, 0.1) is 4.92 Å². The van der Waals surface area contributed by atoms with E-state index in [1.54, 1.807) is 6.07 Å². The Labute approximate surface area is 87.6 Å². The number of allylic oxidation sites excluding steroid dienone is 1. The van der Waals surface area contributed by atoms with Crippen molar-refractivity contribution in [1.29, 1.82) is 0 Å². The smallest absolute Gasteiger partial charge is 0.258 e. The Morgan fingerprint density at radius 1 is 1.20 bits per heavy atom. The van der Waals surface area contributed by atoms with Crippen LogP contribution in [0.15, 0.2) is 12.1 Å². The summed E-state index contributed by atoms with van der Waals surface area (Å²) in [6.45, 7) is 0. The van der Waals surface area contributed by atoms with Crippen molar-refractivity contribution in [3.63, 3.8) is 0 Å². The van der Waals surface area contributed by atoms with E-state index in [2.05, 4.69) is 6.08 Å². The highest BCUT2D eigenvalue weighted by molar-refractivity contribution is 5.68. The van der Waals surface area contributed by atoms with Gasteiger partial charge >= 0.3 is 0 Å². The second kappa shape index (κ2) is 2.92. The average Bonchev–Trinajstić information content (AvgIpc) is 2.83. The molecule has 0 N–H and O–H groups in total. The van der Waals surface area contributed by atoms with E-state index in [4.69, 9.17) is 0 Å². The van der Waals surface area contributed by atoms with E-state index >= 15 is 0 Å². The normalized spacial score (nSPS) is 16.5. The van der Waals surface area contributed by atoms with Crippen LogP contribution in [0.2, 0.25) is 0 Å². The minimum atomic E-state index is -0.239. The Bertz CT molecular complexity index is 489. The zero-order valence-electron chi connectivity index (χ0n) is 8.32. The molecule has 0 unspecified atom stereocenters. The Balaban J connectivity index is 2.30. The molecule has 0 saturated carbocycles. The van der Waals surface area contributed by atoms with Crippen molar-refractivity contribution in [1.82, 2.24) is 0 Å². The number of hydrogen-bond donors (Lipinski definition) is 0. The quantitative estimate of drug-likeness (QED) is 0.517. The molecule has 0 aromatic heterocycles. The first-order valence-electron chi connectivity index (χ1n) is 5.26. The molecule has 3 heteroatoms. The lowest BCUT2D eigenvalue weighted by Gasteiger charge is -2.07. The van der Waals surface area contributed by atoms with Crippen LogP contribution in [-0.2, 0) is 19.3 Å². The Morgan fingerprint density at radius 3 is 2.80 bits per heavy atom. The monoisotopic (exact) mass is 201 g/mol. The van der Waals surface area contributed by atoms with Gasteiger partial charge < -0.3 is 0 Å². The average molecular weight is 201 g/mol. The summed E-state index contributed by atoms with van der Waals surface area (Å²) in [5.41, 5.74) is 4.95. The highest BCUT2D eigenvalue weighted by atomic mass is 16.6. The number of fused-ring (bicyclic) bond motifs is 3. The SMILES string of the molecule is O=[N+]([O-])c1cc2c(c3c1CCC3)CC=C2. The molecule has 2 aliphatic carbocycles. The van der Waals surface area contributed by atoms with Gasteiger partial charge in [-0.1, -0.05) is 12.2 Å². The molecular weight excluding hydrogens is 190 g/mol. The fraction of sp³-hybridized carbons (Fsp3) is 0.333. The van der Waals surface area contributed by atoms with Crippen molar-refractivity contribution in [2.45, 2.75) is 25.7 Å². The molecule has 2 aliphatic rings. The van der Waals surface area contributed by atoms with Crippen molar-refractivity contribution in [3.8, 4) is 0 Å². The molecule has 0 heterocycles. The largest absolute Gasteiger partial charge is 0.273 e. The van der Waals surface area contributed by atoms with E-state index in [0.29, 0.717) is 5.69 Å². The lowest BCUT2D eigenvalue weighted by molar-refractivity contribution is -0.385. The summed E-state index contributed by atoms with van der Waals surface area (Å²) in [5, 5.41) is 10.9. The third kappa shape index (κ3) is 1.12. The number of nitro benzene ring substituents is 1. The molecule has 3 nitrogen and oxygen atoms in total. The number of rotatable bonds is 1. The summed E-state index contributed by atoms with van der Waals surface area (Å²) in [6, 6.07) is 1.74. The highest BCUT2D eigenvalue weighted by Crippen LogP contribution is 2.38. The lowest BCUT2D eigenvalue weighted by Crippen LogP contribution is -1.99. The van der Waals surface area contributed by atoms with E-state index in [9.17, 15) is 10.1 Å². The van der Waals surface area contributed by atoms with Gasteiger partial charge in [0.25, 0.3) is 5.69 Å². The van der Waals surface area contributed by atoms with Crippen molar-refractivity contribution in [2.75, 3.05) is 0 Å². The minimum absolute atomic E-state index is 0.239. The maximum absolute atomic E-state index is 10.9. The van der Waals surface area contributed by atoms with Gasteiger partial charge in [-0.15, -0.1) is 0 Å². The van der Waals surface area contributed by atoms with Crippen LogP contribution in [-0.4, -0.2) is 4.92 Å². The van der Waals surface area contributed by atoms with Gasteiger partial charge in [0.2, 0.25) is 0 Å². The molecule has 0 fully saturated rings. The van der Waals surface area contributed by atoms with Crippen molar-refractivity contribution in [3.05, 3.63) is 44.5 Å². The van der Waals surface area contributed by atoms with E-state index in [-0.39, 0.29) is 4.92 Å². The first kappa shape index (κ1) is 8.65. The Morgan fingerprint density at radius 2 is 2.00 bits per heavy atom. The molecular formula is C12H11NO2. The van der Waals surface area contributed by atoms with Gasteiger partial charge in [0.1, 0.15) is 0 Å². The number of nitrogens with zero attached hydrogens (tertiary/aromatic N) is 1. The first-order chi connectivity index (χ1) is 7.27. The van der Waals surface area contributed by atoms with Crippen LogP contribution in [0.25, 0.3) is 6.08 Å². The molecule has 1 aromatic rings. The van der Waals surface area contributed by atoms with Crippen LogP contribution in [0.4, 0.5) is 5.69 Å². The maximum Gasteiger partial charge on any atom is 0.273 e. The zero-order chi connectivity index (χ0) is 10.4. The van der Waals surface area contributed by atoms with Gasteiger partial charge in [-0.25, -0.2) is 0 Å². The lowest BCUT2D eigenvalue weighted by atomic mass is 9.97. The Hall–Kier alpha value is -1.64. The number of benzene rings is 1. The van der Waals surface area contributed by atoms with Gasteiger partial charge in [-0.3, -0.25) is 10.1 Å². The van der Waals surface area contributed by atoms with Crippen LogP contribution < -0.4 is 0 Å². The summed E-state index contributed by atoms with van der Waals surface area (Å²) in [6.07, 6.45) is 8.00. The number of nitro groups is 1. The van der Waals surface area contributed by atoms with E-state index in [1.807, 2.05) is 6.08 Å². The molecule has 0 aliphatic heterocycles. The zero-order valence-corrected chi connectivity index (χ0v) is 8.32. The Kier molecular flexibility index (Phi) is 1.69. The fourth-order valence-electron chi connectivity index (χ4n) is 2.71. The summed E-state index contributed by atoms with van der Waals surface area (Å²) in [4.78, 5) is 10.7. The van der Waals surface area contributed by atoms with Crippen molar-refractivity contribution in [2.24, 2.45) is 0 Å². The topological polar surface area (TPSA) is 43.1 Å². The molecule has 0 amide bonds. The summed E-state index contributed by atoms with van der Waals surface area (Å²) < 4.78 is 0. The molecule has 0 bridgehead atoms. The summed E-state index contributed by atoms with van der Waals surface area (Å²) in [7, 11) is 0. The highest BCUT2D eigenvalue weighted by Gasteiger charge is 2.27. The third-order valence-corrected chi connectivity index (χ3v) is 3.35. The number of hydrogen-bond acceptors (Lipinski definition) is 2. The van der Waals surface area contributed by atoms with Crippen LogP contribution in [0, 0.1) is 10.1 Å². The third-order valence-electron chi connectivity index (χ3n) is 3.35. The second-order valence-corrected chi connectivity index (χ2v) is 4.14. The van der Waals surface area contributed by atoms with Crippen LogP contribution >= 0.6 is 0 Å². The predicted molar refractivity (Wildman–Crippen MR) is 57.9 cm³/mol. The van der Waals surface area contributed by atoms with Crippen LogP contribution in [0.5, 0.6) is 0 Å². The standard InChI is InChI=1S/C12H11NO2/c14-13(15)12-7-8-3-1-4-9(8)10-5-2-6-11(10)12/h1,3,7H,2,4-6H2. The van der Waals surface area contributed by atoms with Gasteiger partial charge in [-0.2, -0.15) is 0 Å². The van der Waals surface area contributed by atoms with Crippen LogP contribution in [0.1, 0.15) is 28.7 Å². The molecule has 15 heavy (non-hydrogen) atoms.